The molecule has 2 aliphatic rings. The van der Waals surface area contributed by atoms with Crippen LogP contribution in [0, 0.1) is 0 Å². The van der Waals surface area contributed by atoms with E-state index in [1.807, 2.05) is 18.2 Å². The van der Waals surface area contributed by atoms with Gasteiger partial charge in [0.05, 0.1) is 37.8 Å². The molecule has 0 radical (unpaired) electrons. The largest absolute Gasteiger partial charge is 0.378 e. The average molecular weight is 369 g/mol. The van der Waals surface area contributed by atoms with E-state index in [2.05, 4.69) is 26.3 Å². The zero-order chi connectivity index (χ0) is 18.5. The molecule has 4 rings (SSSR count). The Morgan fingerprint density at radius 2 is 1.67 bits per heavy atom. The van der Waals surface area contributed by atoms with Gasteiger partial charge in [-0.2, -0.15) is 0 Å². The van der Waals surface area contributed by atoms with Crippen molar-refractivity contribution in [2.45, 2.75) is 0 Å². The summed E-state index contributed by atoms with van der Waals surface area (Å²) in [5.74, 6) is 0.319. The minimum atomic E-state index is -0.0924. The first-order valence-corrected chi connectivity index (χ1v) is 9.20. The number of amides is 1. The van der Waals surface area contributed by atoms with E-state index in [1.165, 1.54) is 0 Å². The normalized spacial score (nSPS) is 17.6. The van der Waals surface area contributed by atoms with Crippen molar-refractivity contribution >= 4 is 23.2 Å². The number of para-hydroxylation sites is 2. The quantitative estimate of drug-likeness (QED) is 0.875. The van der Waals surface area contributed by atoms with E-state index in [-0.39, 0.29) is 5.91 Å². The number of hydrogen-bond donors (Lipinski definition) is 1. The molecule has 0 atom stereocenters. The number of aromatic nitrogens is 2. The Balaban J connectivity index is 1.52. The fourth-order valence-electron chi connectivity index (χ4n) is 3.25. The summed E-state index contributed by atoms with van der Waals surface area (Å²) < 4.78 is 10.7. The topological polar surface area (TPSA) is 79.8 Å². The van der Waals surface area contributed by atoms with Crippen LogP contribution in [0.3, 0.4) is 0 Å². The Kier molecular flexibility index (Phi) is 5.45. The molecule has 27 heavy (non-hydrogen) atoms. The molecular weight excluding hydrogens is 346 g/mol. The van der Waals surface area contributed by atoms with Crippen LogP contribution in [0.25, 0.3) is 0 Å². The summed E-state index contributed by atoms with van der Waals surface area (Å²) in [7, 11) is 0. The van der Waals surface area contributed by atoms with Crippen molar-refractivity contribution < 1.29 is 14.3 Å². The van der Waals surface area contributed by atoms with Crippen LogP contribution in [0.15, 0.2) is 36.5 Å². The van der Waals surface area contributed by atoms with Gasteiger partial charge in [0.15, 0.2) is 0 Å². The van der Waals surface area contributed by atoms with Crippen LogP contribution >= 0.6 is 0 Å². The highest BCUT2D eigenvalue weighted by molar-refractivity contribution is 5.92. The van der Waals surface area contributed by atoms with E-state index in [1.54, 1.807) is 17.2 Å². The van der Waals surface area contributed by atoms with Crippen molar-refractivity contribution in [2.24, 2.45) is 0 Å². The van der Waals surface area contributed by atoms with Crippen molar-refractivity contribution in [3.8, 4) is 0 Å². The molecule has 2 aromatic rings. The standard InChI is InChI=1S/C19H23N5O3/c25-18(24-9-13-27-14-10-24)16-5-6-20-19(22-16)21-15-3-1-2-4-17(15)23-7-11-26-12-8-23/h1-6H,7-14H2,(H,20,21,22). The zero-order valence-corrected chi connectivity index (χ0v) is 15.1. The van der Waals surface area contributed by atoms with Gasteiger partial charge in [0.1, 0.15) is 5.69 Å². The third kappa shape index (κ3) is 4.17. The van der Waals surface area contributed by atoms with E-state index < -0.39 is 0 Å². The fraction of sp³-hybridized carbons (Fsp3) is 0.421. The van der Waals surface area contributed by atoms with Crippen LogP contribution in [0.5, 0.6) is 0 Å². The minimum Gasteiger partial charge on any atom is -0.378 e. The predicted octanol–water partition coefficient (Wildman–Crippen LogP) is 1.53. The molecule has 0 aliphatic carbocycles. The summed E-state index contributed by atoms with van der Waals surface area (Å²) in [6.07, 6.45) is 1.61. The van der Waals surface area contributed by atoms with Gasteiger partial charge in [-0.15, -0.1) is 0 Å². The maximum Gasteiger partial charge on any atom is 0.272 e. The number of benzene rings is 1. The van der Waals surface area contributed by atoms with Gasteiger partial charge in [0, 0.05) is 32.4 Å². The lowest BCUT2D eigenvalue weighted by Crippen LogP contribution is -2.41. The maximum atomic E-state index is 12.6. The number of hydrogen-bond acceptors (Lipinski definition) is 7. The molecule has 3 heterocycles. The van der Waals surface area contributed by atoms with Gasteiger partial charge in [0.2, 0.25) is 5.95 Å². The molecular formula is C19H23N5O3. The number of ether oxygens (including phenoxy) is 2. The summed E-state index contributed by atoms with van der Waals surface area (Å²) in [6.45, 7) is 5.42. The molecule has 1 amide bonds. The Morgan fingerprint density at radius 3 is 2.44 bits per heavy atom. The second kappa shape index (κ2) is 8.32. The van der Waals surface area contributed by atoms with Crippen molar-refractivity contribution in [1.29, 1.82) is 0 Å². The molecule has 8 heteroatoms. The molecule has 0 spiro atoms. The molecule has 1 aromatic carbocycles. The second-order valence-corrected chi connectivity index (χ2v) is 6.41. The number of nitrogens with zero attached hydrogens (tertiary/aromatic N) is 4. The van der Waals surface area contributed by atoms with Crippen LogP contribution in [-0.4, -0.2) is 73.4 Å². The Morgan fingerprint density at radius 1 is 0.963 bits per heavy atom. The second-order valence-electron chi connectivity index (χ2n) is 6.41. The molecule has 0 bridgehead atoms. The van der Waals surface area contributed by atoms with Gasteiger partial charge in [0.25, 0.3) is 5.91 Å². The van der Waals surface area contributed by atoms with Crippen LogP contribution in [0.1, 0.15) is 10.5 Å². The van der Waals surface area contributed by atoms with Crippen molar-refractivity contribution in [3.63, 3.8) is 0 Å². The van der Waals surface area contributed by atoms with Crippen LogP contribution in [0.4, 0.5) is 17.3 Å². The fourth-order valence-corrected chi connectivity index (χ4v) is 3.25. The lowest BCUT2D eigenvalue weighted by molar-refractivity contribution is 0.0299. The Hall–Kier alpha value is -2.71. The lowest BCUT2D eigenvalue weighted by atomic mass is 10.2. The molecule has 2 aliphatic heterocycles. The lowest BCUT2D eigenvalue weighted by Gasteiger charge is -2.30. The highest BCUT2D eigenvalue weighted by atomic mass is 16.5. The summed E-state index contributed by atoms with van der Waals surface area (Å²) in [5, 5.41) is 3.27. The van der Waals surface area contributed by atoms with Crippen molar-refractivity contribution in [2.75, 3.05) is 62.8 Å². The zero-order valence-electron chi connectivity index (χ0n) is 15.1. The smallest absolute Gasteiger partial charge is 0.272 e. The van der Waals surface area contributed by atoms with E-state index in [0.717, 1.165) is 24.5 Å². The summed E-state index contributed by atoms with van der Waals surface area (Å²) >= 11 is 0. The first-order valence-electron chi connectivity index (χ1n) is 9.20. The maximum absolute atomic E-state index is 12.6. The number of carbonyl (C=O) groups excluding carboxylic acids is 1. The number of rotatable bonds is 4. The van der Waals surface area contributed by atoms with E-state index in [0.29, 0.717) is 51.2 Å². The van der Waals surface area contributed by atoms with E-state index >= 15 is 0 Å². The van der Waals surface area contributed by atoms with Crippen LogP contribution in [-0.2, 0) is 9.47 Å². The highest BCUT2D eigenvalue weighted by Gasteiger charge is 2.20. The molecule has 8 nitrogen and oxygen atoms in total. The third-order valence-corrected chi connectivity index (χ3v) is 4.68. The number of nitrogens with one attached hydrogen (secondary N) is 1. The molecule has 1 N–H and O–H groups in total. The van der Waals surface area contributed by atoms with Gasteiger partial charge < -0.3 is 24.6 Å². The van der Waals surface area contributed by atoms with Crippen molar-refractivity contribution in [3.05, 3.63) is 42.2 Å². The Bertz CT molecular complexity index is 788. The third-order valence-electron chi connectivity index (χ3n) is 4.68. The first kappa shape index (κ1) is 17.7. The van der Waals surface area contributed by atoms with Gasteiger partial charge >= 0.3 is 0 Å². The highest BCUT2D eigenvalue weighted by Crippen LogP contribution is 2.28. The van der Waals surface area contributed by atoms with E-state index in [9.17, 15) is 4.79 Å². The van der Waals surface area contributed by atoms with Crippen molar-refractivity contribution in [1.82, 2.24) is 14.9 Å². The molecule has 2 fully saturated rings. The first-order chi connectivity index (χ1) is 13.3. The van der Waals surface area contributed by atoms with Crippen LogP contribution in [0.2, 0.25) is 0 Å². The molecule has 2 saturated heterocycles. The molecule has 0 saturated carbocycles. The monoisotopic (exact) mass is 369 g/mol. The molecule has 142 valence electrons. The van der Waals surface area contributed by atoms with Gasteiger partial charge in [-0.05, 0) is 18.2 Å². The van der Waals surface area contributed by atoms with Gasteiger partial charge in [-0.3, -0.25) is 4.79 Å². The van der Waals surface area contributed by atoms with Gasteiger partial charge in [-0.25, -0.2) is 9.97 Å². The minimum absolute atomic E-state index is 0.0924. The summed E-state index contributed by atoms with van der Waals surface area (Å²) in [5.41, 5.74) is 2.38. The van der Waals surface area contributed by atoms with Gasteiger partial charge in [-0.1, -0.05) is 12.1 Å². The van der Waals surface area contributed by atoms with E-state index in [4.69, 9.17) is 9.47 Å². The number of morpholine rings is 2. The molecule has 0 unspecified atom stereocenters. The number of carbonyl (C=O) groups is 1. The SMILES string of the molecule is O=C(c1ccnc(Nc2ccccc2N2CCOCC2)n1)N1CCOCC1. The summed E-state index contributed by atoms with van der Waals surface area (Å²) in [6, 6.07) is 9.68. The summed E-state index contributed by atoms with van der Waals surface area (Å²) in [4.78, 5) is 25.4. The number of anilines is 3. The average Bonchev–Trinajstić information content (AvgIpc) is 2.75. The predicted molar refractivity (Wildman–Crippen MR) is 102 cm³/mol. The van der Waals surface area contributed by atoms with Crippen LogP contribution < -0.4 is 10.2 Å². The Labute approximate surface area is 158 Å². The molecule has 1 aromatic heterocycles.